The van der Waals surface area contributed by atoms with Gasteiger partial charge in [-0.05, 0) is 18.2 Å². The molecule has 20 heavy (non-hydrogen) atoms. The van der Waals surface area contributed by atoms with Crippen LogP contribution in [0.5, 0.6) is 0 Å². The first-order valence-corrected chi connectivity index (χ1v) is 5.77. The zero-order valence-corrected chi connectivity index (χ0v) is 10.2. The van der Waals surface area contributed by atoms with Crippen molar-refractivity contribution in [1.29, 1.82) is 5.26 Å². The van der Waals surface area contributed by atoms with Gasteiger partial charge < -0.3 is 5.73 Å². The highest BCUT2D eigenvalue weighted by Crippen LogP contribution is 2.27. The first kappa shape index (κ1) is 12.0. The standard InChI is InChI=1S/C14H8FN5/c15-10-4-2-1-3-9(10)12-13-11(19-14(17)20-12)5-8(6-16)7-18-13/h1-5,7H,(H2,17,19,20). The summed E-state index contributed by atoms with van der Waals surface area (Å²) in [6, 6.07) is 9.74. The Morgan fingerprint density at radius 1 is 1.20 bits per heavy atom. The summed E-state index contributed by atoms with van der Waals surface area (Å²) in [6.07, 6.45) is 1.40. The van der Waals surface area contributed by atoms with Gasteiger partial charge in [-0.2, -0.15) is 5.26 Å². The summed E-state index contributed by atoms with van der Waals surface area (Å²) < 4.78 is 13.9. The van der Waals surface area contributed by atoms with Crippen molar-refractivity contribution in [2.75, 3.05) is 5.73 Å². The number of aromatic nitrogens is 3. The molecule has 0 spiro atoms. The summed E-state index contributed by atoms with van der Waals surface area (Å²) in [7, 11) is 0. The molecule has 2 N–H and O–H groups in total. The van der Waals surface area contributed by atoms with E-state index >= 15 is 0 Å². The van der Waals surface area contributed by atoms with E-state index in [1.807, 2.05) is 6.07 Å². The fourth-order valence-electron chi connectivity index (χ4n) is 1.94. The predicted octanol–water partition coefficient (Wildman–Crippen LogP) is 2.28. The minimum Gasteiger partial charge on any atom is -0.368 e. The lowest BCUT2D eigenvalue weighted by molar-refractivity contribution is 0.631. The number of nitriles is 1. The lowest BCUT2D eigenvalue weighted by Crippen LogP contribution is -2.00. The van der Waals surface area contributed by atoms with Crippen molar-refractivity contribution in [2.24, 2.45) is 0 Å². The topological polar surface area (TPSA) is 88.5 Å². The summed E-state index contributed by atoms with van der Waals surface area (Å²) in [5.41, 5.74) is 7.43. The Balaban J connectivity index is 2.37. The van der Waals surface area contributed by atoms with Crippen molar-refractivity contribution in [3.05, 3.63) is 47.9 Å². The molecule has 0 unspecified atom stereocenters. The zero-order valence-electron chi connectivity index (χ0n) is 10.2. The molecule has 0 aliphatic heterocycles. The molecular weight excluding hydrogens is 257 g/mol. The number of benzene rings is 1. The summed E-state index contributed by atoms with van der Waals surface area (Å²) in [6.45, 7) is 0. The Kier molecular flexibility index (Phi) is 2.73. The van der Waals surface area contributed by atoms with Crippen LogP contribution >= 0.6 is 0 Å². The molecule has 2 heterocycles. The number of hydrogen-bond donors (Lipinski definition) is 1. The number of nitrogen functional groups attached to an aromatic ring is 1. The van der Waals surface area contributed by atoms with E-state index in [2.05, 4.69) is 15.0 Å². The van der Waals surface area contributed by atoms with Crippen LogP contribution in [0, 0.1) is 17.1 Å². The second-order valence-corrected chi connectivity index (χ2v) is 4.11. The third kappa shape index (κ3) is 1.91. The highest BCUT2D eigenvalue weighted by atomic mass is 19.1. The smallest absolute Gasteiger partial charge is 0.221 e. The molecule has 0 fully saturated rings. The molecule has 0 saturated heterocycles. The maximum absolute atomic E-state index is 13.9. The van der Waals surface area contributed by atoms with Crippen LogP contribution in [-0.2, 0) is 0 Å². The van der Waals surface area contributed by atoms with Crippen LogP contribution < -0.4 is 5.73 Å². The summed E-state index contributed by atoms with van der Waals surface area (Å²) >= 11 is 0. The molecule has 2 aromatic heterocycles. The third-order valence-corrected chi connectivity index (χ3v) is 2.81. The van der Waals surface area contributed by atoms with E-state index in [1.165, 1.54) is 12.3 Å². The van der Waals surface area contributed by atoms with Gasteiger partial charge >= 0.3 is 0 Å². The number of fused-ring (bicyclic) bond motifs is 1. The lowest BCUT2D eigenvalue weighted by Gasteiger charge is -2.07. The molecular formula is C14H8FN5. The Labute approximate surface area is 113 Å². The van der Waals surface area contributed by atoms with Crippen LogP contribution in [0.1, 0.15) is 5.56 Å². The number of hydrogen-bond acceptors (Lipinski definition) is 5. The van der Waals surface area contributed by atoms with Gasteiger partial charge in [0.05, 0.1) is 11.1 Å². The molecule has 0 aliphatic rings. The minimum atomic E-state index is -0.418. The molecule has 1 aromatic carbocycles. The lowest BCUT2D eigenvalue weighted by atomic mass is 10.1. The molecule has 0 radical (unpaired) electrons. The van der Waals surface area contributed by atoms with Crippen molar-refractivity contribution in [2.45, 2.75) is 0 Å². The fourth-order valence-corrected chi connectivity index (χ4v) is 1.94. The van der Waals surface area contributed by atoms with Gasteiger partial charge in [0.25, 0.3) is 0 Å². The maximum atomic E-state index is 13.9. The van der Waals surface area contributed by atoms with Gasteiger partial charge in [0.1, 0.15) is 23.1 Å². The van der Waals surface area contributed by atoms with E-state index in [-0.39, 0.29) is 5.95 Å². The number of anilines is 1. The first-order valence-electron chi connectivity index (χ1n) is 5.77. The summed E-state index contributed by atoms with van der Waals surface area (Å²) in [5, 5.41) is 8.87. The van der Waals surface area contributed by atoms with E-state index in [1.54, 1.807) is 24.3 Å². The summed E-state index contributed by atoms with van der Waals surface area (Å²) in [5.74, 6) is -0.411. The highest BCUT2D eigenvalue weighted by Gasteiger charge is 2.13. The van der Waals surface area contributed by atoms with Crippen LogP contribution in [0.2, 0.25) is 0 Å². The van der Waals surface area contributed by atoms with Gasteiger partial charge in [0, 0.05) is 11.8 Å². The van der Waals surface area contributed by atoms with Crippen molar-refractivity contribution in [1.82, 2.24) is 15.0 Å². The number of nitrogens with zero attached hydrogens (tertiary/aromatic N) is 4. The fraction of sp³-hybridized carbons (Fsp3) is 0. The van der Waals surface area contributed by atoms with Crippen LogP contribution in [-0.4, -0.2) is 15.0 Å². The van der Waals surface area contributed by atoms with E-state index in [9.17, 15) is 4.39 Å². The Hall–Kier alpha value is -3.07. The second kappa shape index (κ2) is 4.55. The normalized spacial score (nSPS) is 10.4. The van der Waals surface area contributed by atoms with E-state index in [4.69, 9.17) is 11.0 Å². The molecule has 96 valence electrons. The van der Waals surface area contributed by atoms with Crippen LogP contribution in [0.4, 0.5) is 10.3 Å². The highest BCUT2D eigenvalue weighted by molar-refractivity contribution is 5.90. The average molecular weight is 265 g/mol. The number of rotatable bonds is 1. The largest absolute Gasteiger partial charge is 0.368 e. The molecule has 3 rings (SSSR count). The number of nitrogens with two attached hydrogens (primary N) is 1. The Bertz CT molecular complexity index is 854. The van der Waals surface area contributed by atoms with Crippen LogP contribution in [0.3, 0.4) is 0 Å². The van der Waals surface area contributed by atoms with Crippen LogP contribution in [0.25, 0.3) is 22.3 Å². The average Bonchev–Trinajstić information content (AvgIpc) is 2.46. The molecule has 0 aliphatic carbocycles. The SMILES string of the molecule is N#Cc1cnc2c(-c3ccccc3F)nc(N)nc2c1. The second-order valence-electron chi connectivity index (χ2n) is 4.11. The van der Waals surface area contributed by atoms with Gasteiger partial charge in [-0.3, -0.25) is 4.98 Å². The molecule has 5 nitrogen and oxygen atoms in total. The molecule has 6 heteroatoms. The van der Waals surface area contributed by atoms with Crippen molar-refractivity contribution in [3.8, 4) is 17.3 Å². The molecule has 3 aromatic rings. The van der Waals surface area contributed by atoms with E-state index in [0.717, 1.165) is 0 Å². The van der Waals surface area contributed by atoms with Gasteiger partial charge in [0.2, 0.25) is 5.95 Å². The van der Waals surface area contributed by atoms with E-state index in [0.29, 0.717) is 27.9 Å². The quantitative estimate of drug-likeness (QED) is 0.729. The Morgan fingerprint density at radius 2 is 2.00 bits per heavy atom. The number of halogens is 1. The van der Waals surface area contributed by atoms with E-state index < -0.39 is 5.82 Å². The maximum Gasteiger partial charge on any atom is 0.221 e. The van der Waals surface area contributed by atoms with Gasteiger partial charge in [-0.15, -0.1) is 0 Å². The van der Waals surface area contributed by atoms with Gasteiger partial charge in [0.15, 0.2) is 0 Å². The zero-order chi connectivity index (χ0) is 14.1. The number of pyridine rings is 1. The van der Waals surface area contributed by atoms with Crippen LogP contribution in [0.15, 0.2) is 36.5 Å². The molecule has 0 amide bonds. The Morgan fingerprint density at radius 3 is 2.75 bits per heavy atom. The third-order valence-electron chi connectivity index (χ3n) is 2.81. The monoisotopic (exact) mass is 265 g/mol. The van der Waals surface area contributed by atoms with Crippen molar-refractivity contribution < 1.29 is 4.39 Å². The van der Waals surface area contributed by atoms with Gasteiger partial charge in [-0.25, -0.2) is 14.4 Å². The summed E-state index contributed by atoms with van der Waals surface area (Å²) in [4.78, 5) is 12.2. The molecule has 0 bridgehead atoms. The molecule has 0 saturated carbocycles. The van der Waals surface area contributed by atoms with Crippen molar-refractivity contribution in [3.63, 3.8) is 0 Å². The minimum absolute atomic E-state index is 0.00708. The first-order chi connectivity index (χ1) is 9.69. The van der Waals surface area contributed by atoms with Gasteiger partial charge in [-0.1, -0.05) is 12.1 Å². The van der Waals surface area contributed by atoms with Crippen molar-refractivity contribution >= 4 is 17.0 Å². The predicted molar refractivity (Wildman–Crippen MR) is 71.9 cm³/mol. The molecule has 0 atom stereocenters.